The number of benzene rings is 2. The molecule has 3 nitrogen and oxygen atoms in total. The summed E-state index contributed by atoms with van der Waals surface area (Å²) in [6.45, 7) is 0. The van der Waals surface area contributed by atoms with Gasteiger partial charge in [-0.25, -0.2) is 0 Å². The molecule has 0 aliphatic rings. The Kier molecular flexibility index (Phi) is 3.85. The molecule has 0 atom stereocenters. The molecule has 0 radical (unpaired) electrons. The Balaban J connectivity index is 2.10. The molecule has 1 N–H and O–H groups in total. The maximum Gasteiger partial charge on any atom is 0.227 e. The van der Waals surface area contributed by atoms with Crippen molar-refractivity contribution < 1.29 is 4.57 Å². The monoisotopic (exact) mass is 294 g/mol. The molecule has 0 fully saturated rings. The van der Waals surface area contributed by atoms with E-state index >= 15 is 0 Å². The maximum atomic E-state index is 13.7. The lowest BCUT2D eigenvalue weighted by Crippen LogP contribution is -2.21. The van der Waals surface area contributed by atoms with Crippen LogP contribution in [0.4, 0.5) is 5.69 Å². The van der Waals surface area contributed by atoms with Crippen LogP contribution in [-0.4, -0.2) is 4.98 Å². The number of hydrogen-bond acceptors (Lipinski definition) is 2. The summed E-state index contributed by atoms with van der Waals surface area (Å²) in [4.78, 5) is 3.99. The molecular weight excluding hydrogens is 279 g/mol. The van der Waals surface area contributed by atoms with Crippen LogP contribution in [0.3, 0.4) is 0 Å². The first-order chi connectivity index (χ1) is 10.3. The fourth-order valence-electron chi connectivity index (χ4n) is 2.16. The second kappa shape index (κ2) is 5.94. The molecule has 0 amide bonds. The summed E-state index contributed by atoms with van der Waals surface area (Å²) in [6.07, 6.45) is 3.37. The lowest BCUT2D eigenvalue weighted by atomic mass is 10.4. The van der Waals surface area contributed by atoms with Crippen LogP contribution in [0.1, 0.15) is 0 Å². The van der Waals surface area contributed by atoms with E-state index in [1.165, 1.54) is 0 Å². The van der Waals surface area contributed by atoms with E-state index in [-0.39, 0.29) is 0 Å². The fraction of sp³-hybridized carbons (Fsp3) is 0. The largest absolute Gasteiger partial charge is 0.329 e. The molecule has 0 spiro atoms. The second-order valence-electron chi connectivity index (χ2n) is 4.63. The average Bonchev–Trinajstić information content (AvgIpc) is 2.57. The molecule has 21 heavy (non-hydrogen) atoms. The van der Waals surface area contributed by atoms with E-state index in [2.05, 4.69) is 10.1 Å². The Morgan fingerprint density at radius 1 is 0.714 bits per heavy atom. The van der Waals surface area contributed by atoms with Crippen molar-refractivity contribution in [1.82, 2.24) is 4.98 Å². The average molecular weight is 294 g/mol. The topological polar surface area (TPSA) is 42.0 Å². The summed E-state index contributed by atoms with van der Waals surface area (Å²) in [5.74, 6) is 0. The van der Waals surface area contributed by atoms with Gasteiger partial charge in [0.15, 0.2) is 0 Å². The zero-order valence-electron chi connectivity index (χ0n) is 11.4. The highest BCUT2D eigenvalue weighted by molar-refractivity contribution is 7.80. The Morgan fingerprint density at radius 2 is 1.19 bits per heavy atom. The van der Waals surface area contributed by atoms with Gasteiger partial charge in [-0.1, -0.05) is 36.4 Å². The van der Waals surface area contributed by atoms with E-state index in [0.717, 1.165) is 16.3 Å². The smallest absolute Gasteiger partial charge is 0.227 e. The minimum Gasteiger partial charge on any atom is -0.329 e. The van der Waals surface area contributed by atoms with Crippen molar-refractivity contribution in [3.05, 3.63) is 85.2 Å². The van der Waals surface area contributed by atoms with Crippen molar-refractivity contribution in [1.29, 1.82) is 0 Å². The van der Waals surface area contributed by atoms with Crippen LogP contribution < -0.4 is 15.7 Å². The van der Waals surface area contributed by atoms with Crippen LogP contribution in [0.5, 0.6) is 0 Å². The van der Waals surface area contributed by atoms with Crippen LogP contribution in [0.2, 0.25) is 0 Å². The van der Waals surface area contributed by atoms with Crippen molar-refractivity contribution in [2.75, 3.05) is 5.09 Å². The predicted molar refractivity (Wildman–Crippen MR) is 87.6 cm³/mol. The first-order valence-electron chi connectivity index (χ1n) is 6.69. The van der Waals surface area contributed by atoms with Crippen LogP contribution in [0.25, 0.3) is 0 Å². The van der Waals surface area contributed by atoms with Crippen LogP contribution in [0.15, 0.2) is 85.2 Å². The molecule has 1 aromatic heterocycles. The van der Waals surface area contributed by atoms with E-state index in [0.29, 0.717) is 0 Å². The van der Waals surface area contributed by atoms with Gasteiger partial charge in [-0.2, -0.15) is 0 Å². The molecule has 0 saturated carbocycles. The lowest BCUT2D eigenvalue weighted by molar-refractivity contribution is 0.590. The highest BCUT2D eigenvalue weighted by Crippen LogP contribution is 2.43. The maximum absolute atomic E-state index is 13.7. The Bertz CT molecular complexity index is 702. The third-order valence-corrected chi connectivity index (χ3v) is 5.83. The predicted octanol–water partition coefficient (Wildman–Crippen LogP) is 3.42. The van der Waals surface area contributed by atoms with Gasteiger partial charge >= 0.3 is 0 Å². The summed E-state index contributed by atoms with van der Waals surface area (Å²) in [7, 11) is -2.92. The molecule has 3 rings (SSSR count). The van der Waals surface area contributed by atoms with Crippen molar-refractivity contribution in [2.24, 2.45) is 0 Å². The number of rotatable bonds is 4. The summed E-state index contributed by atoms with van der Waals surface area (Å²) >= 11 is 0. The Labute approximate surface area is 124 Å². The van der Waals surface area contributed by atoms with Crippen LogP contribution in [-0.2, 0) is 4.57 Å². The third kappa shape index (κ3) is 2.88. The van der Waals surface area contributed by atoms with Gasteiger partial charge in [-0.15, -0.1) is 0 Å². The second-order valence-corrected chi connectivity index (χ2v) is 7.10. The van der Waals surface area contributed by atoms with Crippen LogP contribution >= 0.6 is 7.29 Å². The highest BCUT2D eigenvalue weighted by Gasteiger charge is 2.26. The SMILES string of the molecule is O=P(Nc1ccncc1)(c1ccccc1)c1ccccc1. The number of nitrogens with one attached hydrogen (secondary N) is 1. The van der Waals surface area contributed by atoms with E-state index < -0.39 is 7.29 Å². The van der Waals surface area contributed by atoms with E-state index in [1.807, 2.05) is 72.8 Å². The van der Waals surface area contributed by atoms with Crippen LogP contribution in [0, 0.1) is 0 Å². The van der Waals surface area contributed by atoms with E-state index in [9.17, 15) is 4.57 Å². The third-order valence-electron chi connectivity index (χ3n) is 3.21. The van der Waals surface area contributed by atoms with Crippen molar-refractivity contribution in [3.63, 3.8) is 0 Å². The number of aromatic nitrogens is 1. The van der Waals surface area contributed by atoms with Gasteiger partial charge in [0.25, 0.3) is 0 Å². The van der Waals surface area contributed by atoms with Gasteiger partial charge < -0.3 is 5.09 Å². The van der Waals surface area contributed by atoms with Gasteiger partial charge in [-0.3, -0.25) is 9.55 Å². The molecule has 1 heterocycles. The summed E-state index contributed by atoms with van der Waals surface area (Å²) in [5, 5.41) is 4.77. The van der Waals surface area contributed by atoms with Crippen molar-refractivity contribution in [2.45, 2.75) is 0 Å². The Morgan fingerprint density at radius 3 is 1.67 bits per heavy atom. The summed E-state index contributed by atoms with van der Waals surface area (Å²) in [5.41, 5.74) is 0.793. The fourth-order valence-corrected chi connectivity index (χ4v) is 4.42. The van der Waals surface area contributed by atoms with Gasteiger partial charge in [0, 0.05) is 28.7 Å². The summed E-state index contributed by atoms with van der Waals surface area (Å²) in [6, 6.07) is 22.7. The Hall–Kier alpha value is -2.38. The van der Waals surface area contributed by atoms with Gasteiger partial charge in [0.1, 0.15) is 0 Å². The van der Waals surface area contributed by atoms with Gasteiger partial charge in [0.2, 0.25) is 7.29 Å². The molecule has 3 aromatic rings. The minimum atomic E-state index is -2.92. The zero-order chi connectivity index (χ0) is 14.5. The van der Waals surface area contributed by atoms with E-state index in [1.54, 1.807) is 12.4 Å². The summed E-state index contributed by atoms with van der Waals surface area (Å²) < 4.78 is 13.7. The first-order valence-corrected chi connectivity index (χ1v) is 8.39. The molecule has 0 aliphatic carbocycles. The van der Waals surface area contributed by atoms with Crippen molar-refractivity contribution in [3.8, 4) is 0 Å². The molecule has 104 valence electrons. The van der Waals surface area contributed by atoms with Crippen molar-refractivity contribution >= 4 is 23.6 Å². The first kappa shape index (κ1) is 13.6. The standard InChI is InChI=1S/C17H15N2OP/c20-21(16-7-3-1-4-8-16,17-9-5-2-6-10-17)19-15-11-13-18-14-12-15/h1-14H,(H,18,19,20). The minimum absolute atomic E-state index is 0.785. The molecular formula is C17H15N2OP. The number of anilines is 1. The number of nitrogens with zero attached hydrogens (tertiary/aromatic N) is 1. The molecule has 0 bridgehead atoms. The molecule has 0 unspecified atom stereocenters. The highest BCUT2D eigenvalue weighted by atomic mass is 31.2. The molecule has 0 aliphatic heterocycles. The molecule has 0 saturated heterocycles. The number of pyridine rings is 1. The normalized spacial score (nSPS) is 11.0. The van der Waals surface area contributed by atoms with Gasteiger partial charge in [0.05, 0.1) is 0 Å². The number of hydrogen-bond donors (Lipinski definition) is 1. The van der Waals surface area contributed by atoms with E-state index in [4.69, 9.17) is 0 Å². The quantitative estimate of drug-likeness (QED) is 0.750. The zero-order valence-corrected chi connectivity index (χ0v) is 12.3. The molecule has 4 heteroatoms. The lowest BCUT2D eigenvalue weighted by Gasteiger charge is -2.21. The molecule has 2 aromatic carbocycles. The van der Waals surface area contributed by atoms with Gasteiger partial charge in [-0.05, 0) is 36.4 Å².